The molecule has 0 bridgehead atoms. The Hall–Kier alpha value is -1.06. The first-order valence-electron chi connectivity index (χ1n) is 7.48. The van der Waals surface area contributed by atoms with Crippen LogP contribution in [0.15, 0.2) is 0 Å². The van der Waals surface area contributed by atoms with Crippen molar-refractivity contribution in [3.8, 4) is 0 Å². The van der Waals surface area contributed by atoms with Gasteiger partial charge in [-0.3, -0.25) is 9.59 Å². The summed E-state index contributed by atoms with van der Waals surface area (Å²) in [5, 5.41) is 12.2. The Morgan fingerprint density at radius 1 is 1.16 bits per heavy atom. The molecular weight excluding hydrogens is 242 g/mol. The lowest BCUT2D eigenvalue weighted by atomic mass is 9.82. The summed E-state index contributed by atoms with van der Waals surface area (Å²) in [7, 11) is 0. The van der Waals surface area contributed by atoms with Crippen LogP contribution in [-0.2, 0) is 9.59 Å². The number of hydrogen-bond acceptors (Lipinski definition) is 2. The van der Waals surface area contributed by atoms with E-state index >= 15 is 0 Å². The van der Waals surface area contributed by atoms with Crippen molar-refractivity contribution in [3.63, 3.8) is 0 Å². The van der Waals surface area contributed by atoms with Crippen molar-refractivity contribution in [1.29, 1.82) is 0 Å². The summed E-state index contributed by atoms with van der Waals surface area (Å²) >= 11 is 0. The van der Waals surface area contributed by atoms with E-state index in [9.17, 15) is 14.7 Å². The largest absolute Gasteiger partial charge is 0.481 e. The number of carbonyl (C=O) groups excluding carboxylic acids is 1. The highest BCUT2D eigenvalue weighted by molar-refractivity contribution is 5.80. The normalized spacial score (nSPS) is 13.1. The summed E-state index contributed by atoms with van der Waals surface area (Å²) in [5.41, 5.74) is -0.821. The molecule has 2 N–H and O–H groups in total. The number of carbonyl (C=O) groups is 2. The molecule has 0 aromatic rings. The predicted octanol–water partition coefficient (Wildman–Crippen LogP) is 3.21. The summed E-state index contributed by atoms with van der Waals surface area (Å²) in [6.45, 7) is 8.06. The molecule has 0 radical (unpaired) electrons. The summed E-state index contributed by atoms with van der Waals surface area (Å²) < 4.78 is 0. The van der Waals surface area contributed by atoms with Gasteiger partial charge in [0.25, 0.3) is 0 Å². The Kier molecular flexibility index (Phi) is 8.44. The van der Waals surface area contributed by atoms with Gasteiger partial charge < -0.3 is 10.4 Å². The Bertz CT molecular complexity index is 285. The maximum Gasteiger partial charge on any atom is 0.311 e. The number of hydrogen-bond donors (Lipinski definition) is 2. The van der Waals surface area contributed by atoms with Crippen LogP contribution in [0.5, 0.6) is 0 Å². The third kappa shape index (κ3) is 5.21. The van der Waals surface area contributed by atoms with E-state index in [0.717, 1.165) is 25.7 Å². The van der Waals surface area contributed by atoms with Gasteiger partial charge in [-0.25, -0.2) is 0 Å². The van der Waals surface area contributed by atoms with Crippen LogP contribution in [0.25, 0.3) is 0 Å². The summed E-state index contributed by atoms with van der Waals surface area (Å²) in [5.74, 6) is -0.803. The van der Waals surface area contributed by atoms with Crippen LogP contribution in [0, 0.1) is 11.3 Å². The average molecular weight is 271 g/mol. The highest BCUT2D eigenvalue weighted by Gasteiger charge is 2.35. The van der Waals surface area contributed by atoms with Gasteiger partial charge in [-0.15, -0.1) is 0 Å². The number of carboxylic acid groups (broad SMARTS) is 1. The minimum Gasteiger partial charge on any atom is -0.481 e. The number of unbranched alkanes of at least 4 members (excludes halogenated alkanes) is 1. The lowest BCUT2D eigenvalue weighted by Gasteiger charge is -2.27. The van der Waals surface area contributed by atoms with E-state index in [2.05, 4.69) is 12.2 Å². The molecular formula is C15H29NO3. The molecule has 0 aromatic carbocycles. The van der Waals surface area contributed by atoms with E-state index in [1.165, 1.54) is 0 Å². The first-order valence-corrected chi connectivity index (χ1v) is 7.48. The van der Waals surface area contributed by atoms with E-state index in [-0.39, 0.29) is 18.4 Å². The van der Waals surface area contributed by atoms with Crippen LogP contribution in [0.2, 0.25) is 0 Å². The van der Waals surface area contributed by atoms with Crippen LogP contribution in [-0.4, -0.2) is 23.5 Å². The molecule has 4 nitrogen and oxygen atoms in total. The summed E-state index contributed by atoms with van der Waals surface area (Å²) in [4.78, 5) is 23.4. The van der Waals surface area contributed by atoms with Crippen molar-refractivity contribution in [2.75, 3.05) is 6.54 Å². The monoisotopic (exact) mass is 271 g/mol. The molecule has 1 unspecified atom stereocenters. The molecule has 1 amide bonds. The van der Waals surface area contributed by atoms with Gasteiger partial charge in [-0.05, 0) is 25.7 Å². The fourth-order valence-corrected chi connectivity index (χ4v) is 2.25. The van der Waals surface area contributed by atoms with E-state index in [4.69, 9.17) is 0 Å². The van der Waals surface area contributed by atoms with Gasteiger partial charge in [-0.1, -0.05) is 40.5 Å². The zero-order valence-corrected chi connectivity index (χ0v) is 12.8. The van der Waals surface area contributed by atoms with E-state index in [1.54, 1.807) is 0 Å². The van der Waals surface area contributed by atoms with Crippen molar-refractivity contribution in [1.82, 2.24) is 5.32 Å². The highest BCUT2D eigenvalue weighted by atomic mass is 16.4. The van der Waals surface area contributed by atoms with Crippen molar-refractivity contribution in [2.24, 2.45) is 11.3 Å². The number of rotatable bonds is 10. The summed E-state index contributed by atoms with van der Waals surface area (Å²) in [6.07, 6.45) is 4.88. The van der Waals surface area contributed by atoms with E-state index in [0.29, 0.717) is 12.8 Å². The van der Waals surface area contributed by atoms with Gasteiger partial charge in [-0.2, -0.15) is 0 Å². The molecule has 19 heavy (non-hydrogen) atoms. The molecule has 0 heterocycles. The molecule has 0 aliphatic carbocycles. The van der Waals surface area contributed by atoms with Crippen LogP contribution in [0.4, 0.5) is 0 Å². The molecule has 0 fully saturated rings. The molecule has 0 saturated carbocycles. The van der Waals surface area contributed by atoms with Crippen LogP contribution >= 0.6 is 0 Å². The third-order valence-corrected chi connectivity index (χ3v) is 4.18. The molecule has 0 rings (SSSR count). The van der Waals surface area contributed by atoms with Gasteiger partial charge in [0.15, 0.2) is 0 Å². The molecule has 0 aliphatic heterocycles. The Balaban J connectivity index is 4.50. The fourth-order valence-electron chi connectivity index (χ4n) is 2.25. The molecule has 0 spiro atoms. The maximum atomic E-state index is 12.1. The lowest BCUT2D eigenvalue weighted by molar-refractivity contribution is -0.149. The van der Waals surface area contributed by atoms with Crippen molar-refractivity contribution in [3.05, 3.63) is 0 Å². The molecule has 1 atom stereocenters. The topological polar surface area (TPSA) is 66.4 Å². The fraction of sp³-hybridized carbons (Fsp3) is 0.867. The van der Waals surface area contributed by atoms with Gasteiger partial charge in [0, 0.05) is 12.5 Å². The SMILES string of the molecule is CCCCC(CC)C(=O)NCC(CC)(CC)C(=O)O. The number of aliphatic carboxylic acids is 1. The van der Waals surface area contributed by atoms with Crippen molar-refractivity contribution < 1.29 is 14.7 Å². The van der Waals surface area contributed by atoms with Gasteiger partial charge in [0.05, 0.1) is 5.41 Å². The molecule has 0 aliphatic rings. The first-order chi connectivity index (χ1) is 8.97. The van der Waals surface area contributed by atoms with Crippen LogP contribution in [0.1, 0.15) is 66.2 Å². The van der Waals surface area contributed by atoms with Crippen LogP contribution < -0.4 is 5.32 Å². The van der Waals surface area contributed by atoms with Gasteiger partial charge in [0.1, 0.15) is 0 Å². The Morgan fingerprint density at radius 3 is 2.11 bits per heavy atom. The lowest BCUT2D eigenvalue weighted by Crippen LogP contribution is -2.44. The highest BCUT2D eigenvalue weighted by Crippen LogP contribution is 2.26. The molecule has 0 saturated heterocycles. The minimum absolute atomic E-state index is 0.00322. The second-order valence-electron chi connectivity index (χ2n) is 5.26. The number of carboxylic acids is 1. The smallest absolute Gasteiger partial charge is 0.311 e. The third-order valence-electron chi connectivity index (χ3n) is 4.18. The zero-order valence-electron chi connectivity index (χ0n) is 12.8. The Labute approximate surface area is 117 Å². The Morgan fingerprint density at radius 2 is 1.74 bits per heavy atom. The molecule has 4 heteroatoms. The molecule has 112 valence electrons. The maximum absolute atomic E-state index is 12.1. The van der Waals surface area contributed by atoms with Gasteiger partial charge in [0.2, 0.25) is 5.91 Å². The second kappa shape index (κ2) is 8.94. The molecule has 0 aromatic heterocycles. The quantitative estimate of drug-likeness (QED) is 0.641. The number of nitrogens with one attached hydrogen (secondary N) is 1. The standard InChI is InChI=1S/C15H29NO3/c1-5-9-10-12(6-2)13(17)16-11-15(7-3,8-4)14(18)19/h12H,5-11H2,1-4H3,(H,16,17)(H,18,19). The predicted molar refractivity (Wildman–Crippen MR) is 77.0 cm³/mol. The van der Waals surface area contributed by atoms with E-state index in [1.807, 2.05) is 20.8 Å². The first kappa shape index (κ1) is 17.9. The van der Waals surface area contributed by atoms with Crippen molar-refractivity contribution in [2.45, 2.75) is 66.2 Å². The van der Waals surface area contributed by atoms with Gasteiger partial charge >= 0.3 is 5.97 Å². The second-order valence-corrected chi connectivity index (χ2v) is 5.26. The van der Waals surface area contributed by atoms with Crippen molar-refractivity contribution >= 4 is 11.9 Å². The minimum atomic E-state index is -0.821. The van der Waals surface area contributed by atoms with E-state index < -0.39 is 11.4 Å². The number of amides is 1. The zero-order chi connectivity index (χ0) is 14.9. The average Bonchev–Trinajstić information content (AvgIpc) is 2.41. The summed E-state index contributed by atoms with van der Waals surface area (Å²) in [6, 6.07) is 0. The van der Waals surface area contributed by atoms with Crippen LogP contribution in [0.3, 0.4) is 0 Å².